The van der Waals surface area contributed by atoms with Gasteiger partial charge in [-0.25, -0.2) is 9.18 Å². The lowest BCUT2D eigenvalue weighted by Crippen LogP contribution is -2.40. The van der Waals surface area contributed by atoms with Crippen LogP contribution in [0.1, 0.15) is 61.6 Å². The van der Waals surface area contributed by atoms with Gasteiger partial charge in [-0.15, -0.1) is 0 Å². The number of aldehydes is 1. The third-order valence-electron chi connectivity index (χ3n) is 5.64. The summed E-state index contributed by atoms with van der Waals surface area (Å²) in [5.41, 5.74) is 1.28. The maximum atomic E-state index is 14.1. The van der Waals surface area contributed by atoms with Gasteiger partial charge in [-0.3, -0.25) is 9.78 Å². The minimum absolute atomic E-state index is 0.330. The first-order valence-electron chi connectivity index (χ1n) is 10.8. The molecule has 1 aromatic heterocycles. The molecule has 1 fully saturated rings. The highest BCUT2D eigenvalue weighted by atomic mass is 19.1. The van der Waals surface area contributed by atoms with Crippen LogP contribution in [0.2, 0.25) is 0 Å². The van der Waals surface area contributed by atoms with Crippen LogP contribution >= 0.6 is 0 Å². The van der Waals surface area contributed by atoms with Crippen molar-refractivity contribution in [1.29, 1.82) is 0 Å². The minimum Gasteiger partial charge on any atom is -0.482 e. The summed E-state index contributed by atoms with van der Waals surface area (Å²) in [7, 11) is 0. The van der Waals surface area contributed by atoms with E-state index in [2.05, 4.69) is 4.98 Å². The molecule has 1 atom stereocenters. The maximum absolute atomic E-state index is 14.1. The van der Waals surface area contributed by atoms with Gasteiger partial charge in [-0.2, -0.15) is 0 Å². The van der Waals surface area contributed by atoms with Crippen LogP contribution in [0.4, 0.5) is 9.18 Å². The van der Waals surface area contributed by atoms with Crippen molar-refractivity contribution in [2.45, 2.75) is 51.2 Å². The van der Waals surface area contributed by atoms with Crippen molar-refractivity contribution < 1.29 is 23.5 Å². The molecule has 2 aliphatic rings. The van der Waals surface area contributed by atoms with E-state index in [0.717, 1.165) is 18.3 Å². The molecule has 2 aliphatic heterocycles. The molecule has 0 saturated carbocycles. The highest BCUT2D eigenvalue weighted by Crippen LogP contribution is 2.43. The highest BCUT2D eigenvalue weighted by molar-refractivity contribution is 5.84. The van der Waals surface area contributed by atoms with Gasteiger partial charge in [0.05, 0.1) is 5.69 Å². The van der Waals surface area contributed by atoms with Crippen molar-refractivity contribution in [1.82, 2.24) is 9.88 Å². The van der Waals surface area contributed by atoms with Crippen molar-refractivity contribution in [3.05, 3.63) is 65.2 Å². The number of nitrogens with zero attached hydrogens (tertiary/aromatic N) is 2. The number of carbonyl (C=O) groups excluding carboxylic acids is 2. The largest absolute Gasteiger partial charge is 0.482 e. The lowest BCUT2D eigenvalue weighted by molar-refractivity contribution is 0.0243. The molecule has 1 aromatic carbocycles. The number of halogens is 1. The number of hydrogen-bond acceptors (Lipinski definition) is 5. The molecule has 1 saturated heterocycles. The summed E-state index contributed by atoms with van der Waals surface area (Å²) in [5, 5.41) is 0. The number of ether oxygens (including phenoxy) is 2. The van der Waals surface area contributed by atoms with Gasteiger partial charge in [0, 0.05) is 42.4 Å². The number of fused-ring (bicyclic) bond motifs is 1. The first-order chi connectivity index (χ1) is 15.2. The number of pyridine rings is 1. The predicted molar refractivity (Wildman–Crippen MR) is 118 cm³/mol. The Balaban J connectivity index is 1.67. The Morgan fingerprint density at radius 2 is 2.03 bits per heavy atom. The number of benzene rings is 1. The van der Waals surface area contributed by atoms with E-state index in [0.29, 0.717) is 48.5 Å². The van der Waals surface area contributed by atoms with Crippen LogP contribution in [0.25, 0.3) is 5.57 Å². The highest BCUT2D eigenvalue weighted by Gasteiger charge is 2.39. The third-order valence-corrected chi connectivity index (χ3v) is 5.64. The van der Waals surface area contributed by atoms with Gasteiger partial charge in [-0.05, 0) is 70.0 Å². The number of hydrogen-bond donors (Lipinski definition) is 0. The zero-order valence-electron chi connectivity index (χ0n) is 18.6. The monoisotopic (exact) mass is 438 g/mol. The Hall–Kier alpha value is -3.22. The van der Waals surface area contributed by atoms with Crippen LogP contribution in [0, 0.1) is 5.82 Å². The second-order valence-electron chi connectivity index (χ2n) is 9.28. The first-order valence-corrected chi connectivity index (χ1v) is 10.8. The standard InChI is InChI=1S/C25H27FN2O4/c1-24(2,3)32-23(30)28-11-4-9-25(10-12-28)14-20(21-7-5-17(16-29)15-27-21)19-13-18(26)6-8-22(19)31-25/h5-8,13-16H,4,9-12H2,1-3H3. The van der Waals surface area contributed by atoms with Gasteiger partial charge >= 0.3 is 6.09 Å². The summed E-state index contributed by atoms with van der Waals surface area (Å²) in [6, 6.07) is 7.90. The average Bonchev–Trinajstić information content (AvgIpc) is 2.95. The van der Waals surface area contributed by atoms with Gasteiger partial charge in [0.2, 0.25) is 0 Å². The van der Waals surface area contributed by atoms with Gasteiger partial charge in [-0.1, -0.05) is 0 Å². The normalized spacial score (nSPS) is 20.6. The fourth-order valence-corrected chi connectivity index (χ4v) is 4.12. The summed E-state index contributed by atoms with van der Waals surface area (Å²) >= 11 is 0. The quantitative estimate of drug-likeness (QED) is 0.616. The van der Waals surface area contributed by atoms with Gasteiger partial charge in [0.1, 0.15) is 22.8 Å². The summed E-state index contributed by atoms with van der Waals surface area (Å²) in [6.45, 7) is 6.60. The molecule has 4 rings (SSSR count). The molecular weight excluding hydrogens is 411 g/mol. The number of amides is 1. The van der Waals surface area contributed by atoms with Gasteiger partial charge in [0.25, 0.3) is 0 Å². The molecule has 1 unspecified atom stereocenters. The maximum Gasteiger partial charge on any atom is 0.410 e. The molecule has 0 bridgehead atoms. The van der Waals surface area contributed by atoms with Gasteiger partial charge in [0.15, 0.2) is 6.29 Å². The SMILES string of the molecule is CC(C)(C)OC(=O)N1CCCC2(C=C(c3ccc(C=O)cn3)c3cc(F)ccc3O2)CC1. The van der Waals surface area contributed by atoms with E-state index in [4.69, 9.17) is 9.47 Å². The Morgan fingerprint density at radius 1 is 1.22 bits per heavy atom. The summed E-state index contributed by atoms with van der Waals surface area (Å²) in [5.74, 6) is 0.214. The van der Waals surface area contributed by atoms with Crippen molar-refractivity contribution in [3.63, 3.8) is 0 Å². The Morgan fingerprint density at radius 3 is 2.72 bits per heavy atom. The molecule has 3 heterocycles. The van der Waals surface area contributed by atoms with E-state index in [1.165, 1.54) is 18.3 Å². The van der Waals surface area contributed by atoms with Crippen molar-refractivity contribution >= 4 is 18.0 Å². The van der Waals surface area contributed by atoms with Crippen LogP contribution in [0.3, 0.4) is 0 Å². The Kier molecular flexibility index (Phi) is 5.75. The summed E-state index contributed by atoms with van der Waals surface area (Å²) < 4.78 is 26.0. The summed E-state index contributed by atoms with van der Waals surface area (Å²) in [4.78, 5) is 29.8. The second-order valence-corrected chi connectivity index (χ2v) is 9.28. The molecule has 6 nitrogen and oxygen atoms in total. The van der Waals surface area contributed by atoms with Crippen molar-refractivity contribution in [2.75, 3.05) is 13.1 Å². The van der Waals surface area contributed by atoms with Gasteiger partial charge < -0.3 is 14.4 Å². The topological polar surface area (TPSA) is 68.7 Å². The molecule has 1 amide bonds. The predicted octanol–water partition coefficient (Wildman–Crippen LogP) is 5.02. The lowest BCUT2D eigenvalue weighted by Gasteiger charge is -2.36. The zero-order chi connectivity index (χ0) is 22.9. The zero-order valence-corrected chi connectivity index (χ0v) is 18.6. The average molecular weight is 438 g/mol. The lowest BCUT2D eigenvalue weighted by atomic mass is 9.85. The third kappa shape index (κ3) is 4.66. The number of aromatic nitrogens is 1. The van der Waals surface area contributed by atoms with Crippen molar-refractivity contribution in [2.24, 2.45) is 0 Å². The van der Waals surface area contributed by atoms with E-state index < -0.39 is 11.2 Å². The smallest absolute Gasteiger partial charge is 0.410 e. The molecule has 1 spiro atoms. The van der Waals surface area contributed by atoms with E-state index in [9.17, 15) is 14.0 Å². The first kappa shape index (κ1) is 22.0. The van der Waals surface area contributed by atoms with Crippen LogP contribution in [0.5, 0.6) is 5.75 Å². The van der Waals surface area contributed by atoms with Crippen LogP contribution < -0.4 is 4.74 Å². The molecule has 0 N–H and O–H groups in total. The van der Waals surface area contributed by atoms with E-state index in [-0.39, 0.29) is 11.9 Å². The van der Waals surface area contributed by atoms with E-state index >= 15 is 0 Å². The number of likely N-dealkylation sites (tertiary alicyclic amines) is 1. The van der Waals surface area contributed by atoms with E-state index in [1.807, 2.05) is 26.8 Å². The molecule has 168 valence electrons. The van der Waals surface area contributed by atoms with Crippen LogP contribution in [-0.4, -0.2) is 46.6 Å². The molecule has 0 aliphatic carbocycles. The Bertz CT molecular complexity index is 1060. The minimum atomic E-state index is -0.651. The number of rotatable bonds is 2. The Labute approximate surface area is 187 Å². The van der Waals surface area contributed by atoms with Crippen LogP contribution in [-0.2, 0) is 4.74 Å². The summed E-state index contributed by atoms with van der Waals surface area (Å²) in [6.07, 6.45) is 5.90. The van der Waals surface area contributed by atoms with E-state index in [1.54, 1.807) is 23.1 Å². The fourth-order valence-electron chi connectivity index (χ4n) is 4.12. The second kappa shape index (κ2) is 8.37. The molecule has 7 heteroatoms. The molecule has 2 aromatic rings. The molecule has 32 heavy (non-hydrogen) atoms. The van der Waals surface area contributed by atoms with Crippen molar-refractivity contribution in [3.8, 4) is 5.75 Å². The molecular formula is C25H27FN2O4. The fraction of sp³-hybridized carbons (Fsp3) is 0.400. The van der Waals surface area contributed by atoms with Crippen LogP contribution in [0.15, 0.2) is 42.6 Å². The molecule has 0 radical (unpaired) electrons. The number of carbonyl (C=O) groups is 2.